The van der Waals surface area contributed by atoms with Crippen molar-refractivity contribution in [2.75, 3.05) is 6.54 Å². The zero-order chi connectivity index (χ0) is 13.3. The zero-order valence-electron chi connectivity index (χ0n) is 11.6. The molecule has 0 saturated carbocycles. The van der Waals surface area contributed by atoms with Crippen LogP contribution < -0.4 is 10.6 Å². The second-order valence-electron chi connectivity index (χ2n) is 5.17. The van der Waals surface area contributed by atoms with Gasteiger partial charge < -0.3 is 15.7 Å². The summed E-state index contributed by atoms with van der Waals surface area (Å²) in [5, 5.41) is 15.0. The lowest BCUT2D eigenvalue weighted by Gasteiger charge is -2.17. The SMILES string of the molecule is CCCC(O)CNC(=O)NC(C)CCC(C)C. The number of rotatable bonds is 8. The number of hydrogen-bond donors (Lipinski definition) is 3. The van der Waals surface area contributed by atoms with Crippen LogP contribution in [0.15, 0.2) is 0 Å². The molecule has 0 radical (unpaired) electrons. The van der Waals surface area contributed by atoms with Crippen LogP contribution in [0.3, 0.4) is 0 Å². The van der Waals surface area contributed by atoms with Gasteiger partial charge in [0.15, 0.2) is 0 Å². The molecule has 0 fully saturated rings. The number of carbonyl (C=O) groups is 1. The van der Waals surface area contributed by atoms with Crippen LogP contribution in [0, 0.1) is 5.92 Å². The monoisotopic (exact) mass is 244 g/mol. The summed E-state index contributed by atoms with van der Waals surface area (Å²) in [5.41, 5.74) is 0. The Morgan fingerprint density at radius 1 is 1.18 bits per heavy atom. The van der Waals surface area contributed by atoms with Gasteiger partial charge in [0.25, 0.3) is 0 Å². The molecule has 2 amide bonds. The van der Waals surface area contributed by atoms with Crippen molar-refractivity contribution >= 4 is 6.03 Å². The van der Waals surface area contributed by atoms with Gasteiger partial charge in [-0.2, -0.15) is 0 Å². The summed E-state index contributed by atoms with van der Waals surface area (Å²) in [6.45, 7) is 8.69. The van der Waals surface area contributed by atoms with Crippen molar-refractivity contribution in [3.63, 3.8) is 0 Å². The molecule has 0 aliphatic heterocycles. The third kappa shape index (κ3) is 10.1. The van der Waals surface area contributed by atoms with Crippen LogP contribution in [-0.4, -0.2) is 29.8 Å². The molecule has 2 atom stereocenters. The van der Waals surface area contributed by atoms with E-state index in [9.17, 15) is 9.90 Å². The van der Waals surface area contributed by atoms with Gasteiger partial charge in [0, 0.05) is 12.6 Å². The molecule has 0 bridgehead atoms. The number of carbonyl (C=O) groups excluding carboxylic acids is 1. The molecule has 102 valence electrons. The molecule has 2 unspecified atom stereocenters. The van der Waals surface area contributed by atoms with Gasteiger partial charge in [-0.05, 0) is 32.1 Å². The first-order valence-electron chi connectivity index (χ1n) is 6.68. The van der Waals surface area contributed by atoms with Crippen molar-refractivity contribution in [3.05, 3.63) is 0 Å². The van der Waals surface area contributed by atoms with Gasteiger partial charge in [-0.3, -0.25) is 0 Å². The van der Waals surface area contributed by atoms with E-state index in [0.29, 0.717) is 12.5 Å². The van der Waals surface area contributed by atoms with Crippen LogP contribution in [0.2, 0.25) is 0 Å². The molecule has 0 rings (SSSR count). The zero-order valence-corrected chi connectivity index (χ0v) is 11.6. The molecule has 0 aromatic heterocycles. The standard InChI is InChI=1S/C13H28N2O2/c1-5-6-12(16)9-14-13(17)15-11(4)8-7-10(2)3/h10-12,16H,5-9H2,1-4H3,(H2,14,15,17). The van der Waals surface area contributed by atoms with Gasteiger partial charge in [0.1, 0.15) is 0 Å². The van der Waals surface area contributed by atoms with E-state index >= 15 is 0 Å². The van der Waals surface area contributed by atoms with Crippen molar-refractivity contribution in [1.29, 1.82) is 0 Å². The highest BCUT2D eigenvalue weighted by molar-refractivity contribution is 5.74. The summed E-state index contributed by atoms with van der Waals surface area (Å²) in [4.78, 5) is 11.5. The predicted molar refractivity (Wildman–Crippen MR) is 71.0 cm³/mol. The molecule has 17 heavy (non-hydrogen) atoms. The van der Waals surface area contributed by atoms with E-state index in [2.05, 4.69) is 24.5 Å². The molecule has 0 aliphatic carbocycles. The Labute approximate surface area is 105 Å². The largest absolute Gasteiger partial charge is 0.391 e. The highest BCUT2D eigenvalue weighted by Crippen LogP contribution is 2.06. The number of urea groups is 1. The average molecular weight is 244 g/mol. The minimum atomic E-state index is -0.434. The fraction of sp³-hybridized carbons (Fsp3) is 0.923. The highest BCUT2D eigenvalue weighted by atomic mass is 16.3. The second-order valence-corrected chi connectivity index (χ2v) is 5.17. The molecule has 0 spiro atoms. The number of aliphatic hydroxyl groups excluding tert-OH is 1. The van der Waals surface area contributed by atoms with E-state index in [1.807, 2.05) is 13.8 Å². The fourth-order valence-corrected chi connectivity index (χ4v) is 1.58. The molecule has 4 heteroatoms. The lowest BCUT2D eigenvalue weighted by atomic mass is 10.0. The molecule has 0 aliphatic rings. The van der Waals surface area contributed by atoms with Gasteiger partial charge in [-0.25, -0.2) is 4.79 Å². The van der Waals surface area contributed by atoms with E-state index in [0.717, 1.165) is 25.7 Å². The Morgan fingerprint density at radius 2 is 1.82 bits per heavy atom. The second kappa shape index (κ2) is 9.28. The smallest absolute Gasteiger partial charge is 0.315 e. The summed E-state index contributed by atoms with van der Waals surface area (Å²) in [6.07, 6.45) is 3.32. The minimum absolute atomic E-state index is 0.181. The quantitative estimate of drug-likeness (QED) is 0.613. The third-order valence-corrected chi connectivity index (χ3v) is 2.67. The Balaban J connectivity index is 3.63. The number of amides is 2. The number of nitrogens with one attached hydrogen (secondary N) is 2. The Kier molecular flexibility index (Phi) is 8.86. The van der Waals surface area contributed by atoms with Crippen molar-refractivity contribution in [1.82, 2.24) is 10.6 Å². The fourth-order valence-electron chi connectivity index (χ4n) is 1.58. The molecular weight excluding hydrogens is 216 g/mol. The summed E-state index contributed by atoms with van der Waals surface area (Å²) < 4.78 is 0. The predicted octanol–water partition coefficient (Wildman–Crippen LogP) is 2.27. The summed E-state index contributed by atoms with van der Waals surface area (Å²) in [5.74, 6) is 0.661. The summed E-state index contributed by atoms with van der Waals surface area (Å²) >= 11 is 0. The van der Waals surface area contributed by atoms with Crippen LogP contribution >= 0.6 is 0 Å². The average Bonchev–Trinajstić information content (AvgIpc) is 2.24. The summed E-state index contributed by atoms with van der Waals surface area (Å²) in [6, 6.07) is -0.00266. The molecule has 4 nitrogen and oxygen atoms in total. The van der Waals surface area contributed by atoms with Crippen molar-refractivity contribution < 1.29 is 9.90 Å². The molecular formula is C13H28N2O2. The van der Waals surface area contributed by atoms with E-state index < -0.39 is 6.10 Å². The molecule has 3 N–H and O–H groups in total. The van der Waals surface area contributed by atoms with Crippen molar-refractivity contribution in [3.8, 4) is 0 Å². The van der Waals surface area contributed by atoms with E-state index in [4.69, 9.17) is 0 Å². The van der Waals surface area contributed by atoms with Gasteiger partial charge in [0.05, 0.1) is 6.10 Å². The van der Waals surface area contributed by atoms with Crippen molar-refractivity contribution in [2.24, 2.45) is 5.92 Å². The normalized spacial score (nSPS) is 14.5. The lowest BCUT2D eigenvalue weighted by molar-refractivity contribution is 0.160. The number of hydrogen-bond acceptors (Lipinski definition) is 2. The maximum absolute atomic E-state index is 11.5. The van der Waals surface area contributed by atoms with Crippen LogP contribution in [0.5, 0.6) is 0 Å². The van der Waals surface area contributed by atoms with Gasteiger partial charge in [-0.1, -0.05) is 27.2 Å². The maximum Gasteiger partial charge on any atom is 0.315 e. The Bertz CT molecular complexity index is 208. The van der Waals surface area contributed by atoms with Crippen LogP contribution in [0.25, 0.3) is 0 Å². The summed E-state index contributed by atoms with van der Waals surface area (Å²) in [7, 11) is 0. The third-order valence-electron chi connectivity index (χ3n) is 2.67. The molecule has 0 aromatic carbocycles. The number of aliphatic hydroxyl groups is 1. The van der Waals surface area contributed by atoms with Crippen LogP contribution in [-0.2, 0) is 0 Å². The molecule has 0 saturated heterocycles. The maximum atomic E-state index is 11.5. The Morgan fingerprint density at radius 3 is 2.35 bits per heavy atom. The van der Waals surface area contributed by atoms with E-state index in [1.54, 1.807) is 0 Å². The lowest BCUT2D eigenvalue weighted by Crippen LogP contribution is -2.43. The minimum Gasteiger partial charge on any atom is -0.391 e. The highest BCUT2D eigenvalue weighted by Gasteiger charge is 2.09. The van der Waals surface area contributed by atoms with E-state index in [-0.39, 0.29) is 12.1 Å². The first-order valence-corrected chi connectivity index (χ1v) is 6.68. The van der Waals surface area contributed by atoms with Crippen LogP contribution in [0.1, 0.15) is 53.4 Å². The molecule has 0 aromatic rings. The van der Waals surface area contributed by atoms with E-state index in [1.165, 1.54) is 0 Å². The van der Waals surface area contributed by atoms with Gasteiger partial charge in [0.2, 0.25) is 0 Å². The first-order chi connectivity index (χ1) is 7.95. The van der Waals surface area contributed by atoms with Gasteiger partial charge in [-0.15, -0.1) is 0 Å². The first kappa shape index (κ1) is 16.2. The Hall–Kier alpha value is -0.770. The van der Waals surface area contributed by atoms with Crippen LogP contribution in [0.4, 0.5) is 4.79 Å². The molecule has 0 heterocycles. The van der Waals surface area contributed by atoms with Crippen molar-refractivity contribution in [2.45, 2.75) is 65.5 Å². The van der Waals surface area contributed by atoms with Gasteiger partial charge >= 0.3 is 6.03 Å². The topological polar surface area (TPSA) is 61.4 Å².